The molecule has 1 amide bonds. The summed E-state index contributed by atoms with van der Waals surface area (Å²) in [5, 5.41) is 14.6. The van der Waals surface area contributed by atoms with Crippen LogP contribution in [0.1, 0.15) is 15.9 Å². The van der Waals surface area contributed by atoms with E-state index in [9.17, 15) is 4.79 Å². The van der Waals surface area contributed by atoms with Crippen molar-refractivity contribution >= 4 is 33.3 Å². The maximum atomic E-state index is 12.2. The van der Waals surface area contributed by atoms with Gasteiger partial charge in [-0.1, -0.05) is 15.9 Å². The van der Waals surface area contributed by atoms with Crippen molar-refractivity contribution in [2.45, 2.75) is 0 Å². The molecule has 5 nitrogen and oxygen atoms in total. The third-order valence-electron chi connectivity index (χ3n) is 2.63. The summed E-state index contributed by atoms with van der Waals surface area (Å²) in [5.41, 5.74) is 1.34. The van der Waals surface area contributed by atoms with Crippen LogP contribution in [0.5, 0.6) is 0 Å². The van der Waals surface area contributed by atoms with E-state index in [2.05, 4.69) is 31.5 Å². The highest BCUT2D eigenvalue weighted by atomic mass is 79.9. The van der Waals surface area contributed by atoms with Gasteiger partial charge < -0.3 is 10.6 Å². The number of aromatic nitrogens is 1. The molecule has 100 valence electrons. The van der Waals surface area contributed by atoms with Crippen LogP contribution >= 0.6 is 15.9 Å². The smallest absolute Gasteiger partial charge is 0.255 e. The lowest BCUT2D eigenvalue weighted by Gasteiger charge is -2.08. The van der Waals surface area contributed by atoms with Gasteiger partial charge in [-0.25, -0.2) is 4.98 Å². The normalized spacial score (nSPS) is 9.65. The predicted molar refractivity (Wildman–Crippen MR) is 80.6 cm³/mol. The van der Waals surface area contributed by atoms with Gasteiger partial charge in [-0.2, -0.15) is 5.26 Å². The van der Waals surface area contributed by atoms with Gasteiger partial charge in [0.1, 0.15) is 11.9 Å². The zero-order chi connectivity index (χ0) is 14.5. The summed E-state index contributed by atoms with van der Waals surface area (Å²) in [5.74, 6) is 0.311. The number of halogens is 1. The average molecular weight is 331 g/mol. The third-order valence-corrected chi connectivity index (χ3v) is 3.12. The monoisotopic (exact) mass is 330 g/mol. The Labute approximate surface area is 124 Å². The number of hydrogen-bond acceptors (Lipinski definition) is 4. The van der Waals surface area contributed by atoms with Crippen molar-refractivity contribution in [2.24, 2.45) is 0 Å². The number of nitrogens with zero attached hydrogens (tertiary/aromatic N) is 2. The number of carbonyl (C=O) groups excluding carboxylic acids is 1. The largest absolute Gasteiger partial charge is 0.373 e. The van der Waals surface area contributed by atoms with Gasteiger partial charge >= 0.3 is 0 Å². The van der Waals surface area contributed by atoms with Crippen LogP contribution in [0.25, 0.3) is 0 Å². The molecule has 0 aliphatic carbocycles. The second kappa shape index (κ2) is 6.17. The molecule has 20 heavy (non-hydrogen) atoms. The molecule has 0 spiro atoms. The van der Waals surface area contributed by atoms with Crippen molar-refractivity contribution in [2.75, 3.05) is 17.7 Å². The summed E-state index contributed by atoms with van der Waals surface area (Å²) in [6, 6.07) is 10.4. The highest BCUT2D eigenvalue weighted by Crippen LogP contribution is 2.21. The molecule has 0 radical (unpaired) electrons. The number of benzene rings is 1. The molecule has 0 aliphatic heterocycles. The van der Waals surface area contributed by atoms with Crippen molar-refractivity contribution in [3.63, 3.8) is 0 Å². The summed E-state index contributed by atoms with van der Waals surface area (Å²) in [6.45, 7) is 0. The van der Waals surface area contributed by atoms with Gasteiger partial charge in [0.25, 0.3) is 5.91 Å². The van der Waals surface area contributed by atoms with E-state index in [1.807, 2.05) is 6.07 Å². The quantitative estimate of drug-likeness (QED) is 0.906. The zero-order valence-corrected chi connectivity index (χ0v) is 12.2. The summed E-state index contributed by atoms with van der Waals surface area (Å²) in [7, 11) is 1.73. The molecule has 0 fully saturated rings. The molecule has 0 aliphatic rings. The second-order valence-electron chi connectivity index (χ2n) is 3.94. The average Bonchev–Trinajstić information content (AvgIpc) is 2.47. The first-order valence-corrected chi connectivity index (χ1v) is 6.58. The molecule has 6 heteroatoms. The summed E-state index contributed by atoms with van der Waals surface area (Å²) in [4.78, 5) is 16.2. The number of carbonyl (C=O) groups is 1. The fourth-order valence-corrected chi connectivity index (χ4v) is 1.98. The van der Waals surface area contributed by atoms with Crippen molar-refractivity contribution in [1.29, 1.82) is 5.26 Å². The summed E-state index contributed by atoms with van der Waals surface area (Å²) < 4.78 is 0.789. The van der Waals surface area contributed by atoms with E-state index in [-0.39, 0.29) is 5.91 Å². The summed E-state index contributed by atoms with van der Waals surface area (Å²) >= 11 is 3.31. The molecule has 0 saturated heterocycles. The molecule has 2 aromatic rings. The van der Waals surface area contributed by atoms with Gasteiger partial charge in [0.15, 0.2) is 0 Å². The first-order chi connectivity index (χ1) is 9.63. The second-order valence-corrected chi connectivity index (χ2v) is 4.85. The van der Waals surface area contributed by atoms with Gasteiger partial charge in [-0.05, 0) is 30.3 Å². The molecule has 2 rings (SSSR count). The Morgan fingerprint density at radius 1 is 1.35 bits per heavy atom. The number of anilines is 2. The SMILES string of the molecule is CNc1cc(C(=O)Nc2cc(Br)ccc2C#N)ccn1. The minimum absolute atomic E-state index is 0.293. The number of nitrogens with one attached hydrogen (secondary N) is 2. The van der Waals surface area contributed by atoms with Crippen LogP contribution in [-0.4, -0.2) is 17.9 Å². The van der Waals surface area contributed by atoms with Crippen LogP contribution < -0.4 is 10.6 Å². The Kier molecular flexibility index (Phi) is 4.33. The van der Waals surface area contributed by atoms with Gasteiger partial charge in [-0.3, -0.25) is 4.79 Å². The Hall–Kier alpha value is -2.39. The highest BCUT2D eigenvalue weighted by molar-refractivity contribution is 9.10. The van der Waals surface area contributed by atoms with Gasteiger partial charge in [-0.15, -0.1) is 0 Å². The predicted octanol–water partition coefficient (Wildman–Crippen LogP) is 3.01. The zero-order valence-electron chi connectivity index (χ0n) is 10.6. The summed E-state index contributed by atoms with van der Waals surface area (Å²) in [6.07, 6.45) is 1.55. The molecule has 0 saturated carbocycles. The third kappa shape index (κ3) is 3.13. The lowest BCUT2D eigenvalue weighted by atomic mass is 10.2. The molecule has 0 unspecified atom stereocenters. The van der Waals surface area contributed by atoms with Crippen molar-refractivity contribution < 1.29 is 4.79 Å². The van der Waals surface area contributed by atoms with Crippen LogP contribution in [0.4, 0.5) is 11.5 Å². The van der Waals surface area contributed by atoms with Crippen LogP contribution in [0.15, 0.2) is 41.0 Å². The van der Waals surface area contributed by atoms with Gasteiger partial charge in [0.2, 0.25) is 0 Å². The minimum atomic E-state index is -0.293. The molecule has 1 aromatic heterocycles. The Morgan fingerprint density at radius 3 is 2.85 bits per heavy atom. The van der Waals surface area contributed by atoms with Crippen LogP contribution in [0, 0.1) is 11.3 Å². The Bertz CT molecular complexity index is 694. The van der Waals surface area contributed by atoms with Gasteiger partial charge in [0.05, 0.1) is 11.3 Å². The number of amides is 1. The Balaban J connectivity index is 2.28. The highest BCUT2D eigenvalue weighted by Gasteiger charge is 2.10. The maximum Gasteiger partial charge on any atom is 0.255 e. The van der Waals surface area contributed by atoms with Crippen molar-refractivity contribution in [1.82, 2.24) is 4.98 Å². The Morgan fingerprint density at radius 2 is 2.15 bits per heavy atom. The molecule has 1 aromatic carbocycles. The van der Waals surface area contributed by atoms with Gasteiger partial charge in [0, 0.05) is 23.3 Å². The van der Waals surface area contributed by atoms with Crippen molar-refractivity contribution in [3.05, 3.63) is 52.1 Å². The van der Waals surface area contributed by atoms with Crippen LogP contribution in [0.3, 0.4) is 0 Å². The standard InChI is InChI=1S/C14H11BrN4O/c1-17-13-6-9(4-5-18-13)14(20)19-12-7-11(15)3-2-10(12)8-16/h2-7H,1H3,(H,17,18)(H,19,20). The van der Waals surface area contributed by atoms with E-state index >= 15 is 0 Å². The van der Waals surface area contributed by atoms with E-state index < -0.39 is 0 Å². The topological polar surface area (TPSA) is 77.8 Å². The number of rotatable bonds is 3. The number of nitriles is 1. The lowest BCUT2D eigenvalue weighted by Crippen LogP contribution is -2.13. The molecular formula is C14H11BrN4O. The number of hydrogen-bond donors (Lipinski definition) is 2. The molecule has 1 heterocycles. The van der Waals surface area contributed by atoms with Crippen LogP contribution in [0.2, 0.25) is 0 Å². The molecular weight excluding hydrogens is 320 g/mol. The fraction of sp³-hybridized carbons (Fsp3) is 0.0714. The molecule has 0 atom stereocenters. The van der Waals surface area contributed by atoms with E-state index in [1.54, 1.807) is 43.6 Å². The van der Waals surface area contributed by atoms with E-state index in [0.29, 0.717) is 22.6 Å². The van der Waals surface area contributed by atoms with Crippen molar-refractivity contribution in [3.8, 4) is 6.07 Å². The maximum absolute atomic E-state index is 12.2. The first kappa shape index (κ1) is 14.0. The minimum Gasteiger partial charge on any atom is -0.373 e. The van der Waals surface area contributed by atoms with E-state index in [0.717, 1.165) is 4.47 Å². The van der Waals surface area contributed by atoms with E-state index in [4.69, 9.17) is 5.26 Å². The number of pyridine rings is 1. The van der Waals surface area contributed by atoms with E-state index in [1.165, 1.54) is 0 Å². The molecule has 2 N–H and O–H groups in total. The van der Waals surface area contributed by atoms with Crippen LogP contribution in [-0.2, 0) is 0 Å². The lowest BCUT2D eigenvalue weighted by molar-refractivity contribution is 0.102. The molecule has 0 bridgehead atoms. The fourth-order valence-electron chi connectivity index (χ4n) is 1.62. The first-order valence-electron chi connectivity index (χ1n) is 5.79.